The molecular weight excluding hydrogens is 254 g/mol. The Labute approximate surface area is 109 Å². The van der Waals surface area contributed by atoms with Crippen LogP contribution in [0.3, 0.4) is 0 Å². The Hall–Kier alpha value is -2.00. The van der Waals surface area contributed by atoms with Crippen LogP contribution >= 0.6 is 0 Å². The minimum Gasteiger partial charge on any atom is -0.386 e. The normalized spacial score (nSPS) is 22.2. The first-order valence-corrected chi connectivity index (χ1v) is 5.77. The van der Waals surface area contributed by atoms with E-state index < -0.39 is 10.5 Å². The first kappa shape index (κ1) is 13.4. The van der Waals surface area contributed by atoms with Gasteiger partial charge in [-0.05, 0) is 0 Å². The Kier molecular flexibility index (Phi) is 3.76. The Morgan fingerprint density at radius 1 is 1.68 bits per heavy atom. The number of nitrogens with zero attached hydrogens (tertiary/aromatic N) is 3. The van der Waals surface area contributed by atoms with E-state index in [0.29, 0.717) is 13.0 Å². The molecule has 2 rings (SSSR count). The van der Waals surface area contributed by atoms with Crippen LogP contribution < -0.4 is 10.6 Å². The summed E-state index contributed by atoms with van der Waals surface area (Å²) < 4.78 is 5.10. The zero-order valence-electron chi connectivity index (χ0n) is 10.4. The molecule has 19 heavy (non-hydrogen) atoms. The molecule has 0 spiro atoms. The molecule has 1 aliphatic rings. The van der Waals surface area contributed by atoms with Crippen LogP contribution in [-0.2, 0) is 4.74 Å². The Bertz CT molecular complexity index is 475. The molecule has 1 aromatic rings. The average Bonchev–Trinajstić information content (AvgIpc) is 2.83. The summed E-state index contributed by atoms with van der Waals surface area (Å²) in [4.78, 5) is 18.1. The summed E-state index contributed by atoms with van der Waals surface area (Å²) in [5.41, 5.74) is -1.25. The van der Waals surface area contributed by atoms with E-state index in [1.165, 1.54) is 0 Å². The van der Waals surface area contributed by atoms with Gasteiger partial charge in [-0.1, -0.05) is 0 Å². The van der Waals surface area contributed by atoms with Crippen LogP contribution in [0.25, 0.3) is 0 Å². The topological polar surface area (TPSA) is 122 Å². The molecule has 2 heterocycles. The smallest absolute Gasteiger partial charge is 0.329 e. The third kappa shape index (κ3) is 3.06. The van der Waals surface area contributed by atoms with E-state index in [-0.39, 0.29) is 30.6 Å². The quantitative estimate of drug-likeness (QED) is 0.504. The van der Waals surface area contributed by atoms with Crippen molar-refractivity contribution in [1.29, 1.82) is 0 Å². The lowest BCUT2D eigenvalue weighted by Crippen LogP contribution is -2.37. The minimum absolute atomic E-state index is 0.0738. The molecule has 0 radical (unpaired) electrons. The number of ether oxygens (including phenoxy) is 1. The van der Waals surface area contributed by atoms with Crippen molar-refractivity contribution in [3.8, 4) is 0 Å². The monoisotopic (exact) mass is 269 g/mol. The van der Waals surface area contributed by atoms with Gasteiger partial charge in [0.1, 0.15) is 11.8 Å². The molecule has 1 atom stereocenters. The Balaban J connectivity index is 2.15. The van der Waals surface area contributed by atoms with Crippen LogP contribution in [0.1, 0.15) is 6.42 Å². The van der Waals surface area contributed by atoms with Crippen molar-refractivity contribution in [2.45, 2.75) is 12.0 Å². The second-order valence-electron chi connectivity index (χ2n) is 4.32. The van der Waals surface area contributed by atoms with Gasteiger partial charge in [-0.25, -0.2) is 4.98 Å². The van der Waals surface area contributed by atoms with Crippen LogP contribution in [-0.4, -0.2) is 52.4 Å². The number of nitrogens with one attached hydrogen (secondary N) is 2. The SMILES string of the molecule is CNc1ncc([N+](=O)[O-])c(NCC2(O)CCOC2)n1. The van der Waals surface area contributed by atoms with Gasteiger partial charge in [-0.3, -0.25) is 10.1 Å². The van der Waals surface area contributed by atoms with E-state index >= 15 is 0 Å². The second kappa shape index (κ2) is 5.33. The zero-order valence-corrected chi connectivity index (χ0v) is 10.4. The number of anilines is 2. The molecule has 1 saturated heterocycles. The highest BCUT2D eigenvalue weighted by atomic mass is 16.6. The minimum atomic E-state index is -1.02. The summed E-state index contributed by atoms with van der Waals surface area (Å²) in [7, 11) is 1.61. The van der Waals surface area contributed by atoms with Crippen molar-refractivity contribution in [3.05, 3.63) is 16.3 Å². The maximum absolute atomic E-state index is 10.9. The molecule has 0 amide bonds. The fourth-order valence-corrected chi connectivity index (χ4v) is 1.74. The summed E-state index contributed by atoms with van der Waals surface area (Å²) in [6, 6.07) is 0. The molecule has 1 aromatic heterocycles. The Morgan fingerprint density at radius 2 is 2.47 bits per heavy atom. The molecule has 9 nitrogen and oxygen atoms in total. The summed E-state index contributed by atoms with van der Waals surface area (Å²) in [6.07, 6.45) is 1.61. The van der Waals surface area contributed by atoms with Crippen molar-refractivity contribution in [3.63, 3.8) is 0 Å². The lowest BCUT2D eigenvalue weighted by Gasteiger charge is -2.20. The highest BCUT2D eigenvalue weighted by Gasteiger charge is 2.33. The lowest BCUT2D eigenvalue weighted by molar-refractivity contribution is -0.384. The van der Waals surface area contributed by atoms with Gasteiger partial charge in [0.2, 0.25) is 11.8 Å². The first-order chi connectivity index (χ1) is 9.04. The standard InChI is InChI=1S/C10H15N5O4/c1-11-9-12-4-7(15(17)18)8(14-9)13-5-10(16)2-3-19-6-10/h4,16H,2-3,5-6H2,1H3,(H2,11,12,13,14). The summed E-state index contributed by atoms with van der Waals surface area (Å²) in [5, 5.41) is 26.5. The van der Waals surface area contributed by atoms with Gasteiger partial charge in [0, 0.05) is 26.6 Å². The maximum Gasteiger partial charge on any atom is 0.329 e. The summed E-state index contributed by atoms with van der Waals surface area (Å²) in [5.74, 6) is 0.340. The molecule has 0 aromatic carbocycles. The predicted molar refractivity (Wildman–Crippen MR) is 67.1 cm³/mol. The van der Waals surface area contributed by atoms with Crippen molar-refractivity contribution in [2.75, 3.05) is 37.4 Å². The van der Waals surface area contributed by atoms with Crippen molar-refractivity contribution in [2.24, 2.45) is 0 Å². The number of hydrogen-bond donors (Lipinski definition) is 3. The van der Waals surface area contributed by atoms with Gasteiger partial charge in [0.05, 0.1) is 11.5 Å². The van der Waals surface area contributed by atoms with Crippen molar-refractivity contribution < 1.29 is 14.8 Å². The highest BCUT2D eigenvalue weighted by Crippen LogP contribution is 2.24. The van der Waals surface area contributed by atoms with Gasteiger partial charge < -0.3 is 20.5 Å². The molecule has 1 unspecified atom stereocenters. The molecule has 3 N–H and O–H groups in total. The molecular formula is C10H15N5O4. The molecule has 9 heteroatoms. The lowest BCUT2D eigenvalue weighted by atomic mass is 10.0. The highest BCUT2D eigenvalue weighted by molar-refractivity contribution is 5.57. The Morgan fingerprint density at radius 3 is 3.05 bits per heavy atom. The third-order valence-corrected chi connectivity index (χ3v) is 2.86. The van der Waals surface area contributed by atoms with Crippen LogP contribution in [0.15, 0.2) is 6.20 Å². The fraction of sp³-hybridized carbons (Fsp3) is 0.600. The zero-order chi connectivity index (χ0) is 13.9. The molecule has 104 valence electrons. The number of rotatable bonds is 5. The predicted octanol–water partition coefficient (Wildman–Crippen LogP) is -0.0102. The van der Waals surface area contributed by atoms with Crippen LogP contribution in [0.2, 0.25) is 0 Å². The van der Waals surface area contributed by atoms with E-state index in [1.54, 1.807) is 7.05 Å². The van der Waals surface area contributed by atoms with Crippen LogP contribution in [0.4, 0.5) is 17.5 Å². The fourth-order valence-electron chi connectivity index (χ4n) is 1.74. The summed E-state index contributed by atoms with van der Waals surface area (Å²) >= 11 is 0. The first-order valence-electron chi connectivity index (χ1n) is 5.77. The van der Waals surface area contributed by atoms with Crippen LogP contribution in [0.5, 0.6) is 0 Å². The number of nitro groups is 1. The van der Waals surface area contributed by atoms with E-state index in [4.69, 9.17) is 4.74 Å². The molecule has 1 aliphatic heterocycles. The van der Waals surface area contributed by atoms with E-state index in [0.717, 1.165) is 6.20 Å². The average molecular weight is 269 g/mol. The van der Waals surface area contributed by atoms with E-state index in [9.17, 15) is 15.2 Å². The molecule has 0 aliphatic carbocycles. The van der Waals surface area contributed by atoms with Gasteiger partial charge >= 0.3 is 5.69 Å². The summed E-state index contributed by atoms with van der Waals surface area (Å²) in [6.45, 7) is 0.817. The largest absolute Gasteiger partial charge is 0.386 e. The number of aliphatic hydroxyl groups is 1. The molecule has 0 bridgehead atoms. The third-order valence-electron chi connectivity index (χ3n) is 2.86. The van der Waals surface area contributed by atoms with Gasteiger partial charge in [-0.15, -0.1) is 0 Å². The van der Waals surface area contributed by atoms with Crippen molar-refractivity contribution in [1.82, 2.24) is 9.97 Å². The maximum atomic E-state index is 10.9. The van der Waals surface area contributed by atoms with Crippen LogP contribution in [0, 0.1) is 10.1 Å². The number of hydrogen-bond acceptors (Lipinski definition) is 8. The molecule has 1 fully saturated rings. The second-order valence-corrected chi connectivity index (χ2v) is 4.32. The van der Waals surface area contributed by atoms with E-state index in [1.807, 2.05) is 0 Å². The molecule has 0 saturated carbocycles. The van der Waals surface area contributed by atoms with Gasteiger partial charge in [0.25, 0.3) is 0 Å². The van der Waals surface area contributed by atoms with Gasteiger partial charge in [0.15, 0.2) is 0 Å². The number of aromatic nitrogens is 2. The van der Waals surface area contributed by atoms with Gasteiger partial charge in [-0.2, -0.15) is 4.98 Å². The van der Waals surface area contributed by atoms with E-state index in [2.05, 4.69) is 20.6 Å². The van der Waals surface area contributed by atoms with Crippen molar-refractivity contribution >= 4 is 17.5 Å².